The molecule has 118 valence electrons. The SMILES string of the molecule is CC(C)(CNCc1cccnc1C(N)=NO)NS(C)(=O)=O. The van der Waals surface area contributed by atoms with Crippen molar-refractivity contribution in [1.29, 1.82) is 0 Å². The molecule has 21 heavy (non-hydrogen) atoms. The average molecular weight is 315 g/mol. The molecule has 1 aromatic rings. The maximum Gasteiger partial charge on any atom is 0.209 e. The highest BCUT2D eigenvalue weighted by atomic mass is 32.2. The van der Waals surface area contributed by atoms with E-state index in [1.54, 1.807) is 32.2 Å². The molecule has 0 spiro atoms. The first-order chi connectivity index (χ1) is 9.64. The van der Waals surface area contributed by atoms with Crippen molar-refractivity contribution in [3.8, 4) is 0 Å². The van der Waals surface area contributed by atoms with Crippen LogP contribution in [0, 0.1) is 0 Å². The van der Waals surface area contributed by atoms with Crippen LogP contribution in [0.15, 0.2) is 23.5 Å². The molecule has 0 bridgehead atoms. The standard InChI is InChI=1S/C12H21N5O3S/c1-12(2,17-21(3,19)20)8-14-7-9-5-4-6-15-10(9)11(13)16-18/h4-6,14,17-18H,7-8H2,1-3H3,(H2,13,16). The summed E-state index contributed by atoms with van der Waals surface area (Å²) in [6.07, 6.45) is 2.67. The third-order valence-corrected chi connectivity index (χ3v) is 3.51. The van der Waals surface area contributed by atoms with Crippen molar-refractivity contribution < 1.29 is 13.6 Å². The van der Waals surface area contributed by atoms with E-state index in [4.69, 9.17) is 10.9 Å². The lowest BCUT2D eigenvalue weighted by Gasteiger charge is -2.25. The summed E-state index contributed by atoms with van der Waals surface area (Å²) in [6.45, 7) is 4.36. The van der Waals surface area contributed by atoms with Crippen LogP contribution in [0.1, 0.15) is 25.1 Å². The van der Waals surface area contributed by atoms with Crippen molar-refractivity contribution in [1.82, 2.24) is 15.0 Å². The van der Waals surface area contributed by atoms with E-state index in [2.05, 4.69) is 20.2 Å². The molecular weight excluding hydrogens is 294 g/mol. The fourth-order valence-electron chi connectivity index (χ4n) is 1.91. The van der Waals surface area contributed by atoms with Crippen molar-refractivity contribution in [2.45, 2.75) is 25.9 Å². The second-order valence-electron chi connectivity index (χ2n) is 5.36. The fraction of sp³-hybridized carbons (Fsp3) is 0.500. The Morgan fingerprint density at radius 3 is 2.76 bits per heavy atom. The Hall–Kier alpha value is -1.71. The van der Waals surface area contributed by atoms with Crippen LogP contribution in [0.25, 0.3) is 0 Å². The Morgan fingerprint density at radius 2 is 2.19 bits per heavy atom. The van der Waals surface area contributed by atoms with E-state index in [1.807, 2.05) is 0 Å². The number of oxime groups is 1. The number of nitrogens with zero attached hydrogens (tertiary/aromatic N) is 2. The Balaban J connectivity index is 2.69. The third kappa shape index (κ3) is 6.06. The highest BCUT2D eigenvalue weighted by Gasteiger charge is 2.21. The molecule has 8 nitrogen and oxygen atoms in total. The van der Waals surface area contributed by atoms with E-state index < -0.39 is 15.6 Å². The molecule has 0 saturated carbocycles. The van der Waals surface area contributed by atoms with Crippen molar-refractivity contribution in [3.63, 3.8) is 0 Å². The molecule has 1 aromatic heterocycles. The van der Waals surface area contributed by atoms with Crippen molar-refractivity contribution in [3.05, 3.63) is 29.6 Å². The molecule has 9 heteroatoms. The summed E-state index contributed by atoms with van der Waals surface area (Å²) < 4.78 is 25.0. The van der Waals surface area contributed by atoms with Crippen LogP contribution in [-0.2, 0) is 16.6 Å². The first kappa shape index (κ1) is 17.3. The summed E-state index contributed by atoms with van der Waals surface area (Å²) in [4.78, 5) is 4.06. The Labute approximate surface area is 124 Å². The number of nitrogens with two attached hydrogens (primary N) is 1. The fourth-order valence-corrected chi connectivity index (χ4v) is 2.98. The molecule has 1 rings (SSSR count). The smallest absolute Gasteiger partial charge is 0.209 e. The van der Waals surface area contributed by atoms with Gasteiger partial charge in [0, 0.05) is 24.8 Å². The minimum absolute atomic E-state index is 0.0686. The number of amidine groups is 1. The minimum atomic E-state index is -3.28. The molecule has 5 N–H and O–H groups in total. The van der Waals surface area contributed by atoms with E-state index in [0.29, 0.717) is 18.8 Å². The van der Waals surface area contributed by atoms with Gasteiger partial charge in [-0.05, 0) is 25.5 Å². The van der Waals surface area contributed by atoms with E-state index in [-0.39, 0.29) is 5.84 Å². The Morgan fingerprint density at radius 1 is 1.52 bits per heavy atom. The van der Waals surface area contributed by atoms with Crippen LogP contribution in [0.4, 0.5) is 0 Å². The van der Waals surface area contributed by atoms with Gasteiger partial charge in [-0.3, -0.25) is 4.98 Å². The number of aromatic nitrogens is 1. The zero-order chi connectivity index (χ0) is 16.1. The third-order valence-electron chi connectivity index (χ3n) is 2.59. The van der Waals surface area contributed by atoms with Crippen LogP contribution >= 0.6 is 0 Å². The summed E-state index contributed by atoms with van der Waals surface area (Å²) in [7, 11) is -3.28. The predicted molar refractivity (Wildman–Crippen MR) is 80.5 cm³/mol. The van der Waals surface area contributed by atoms with Gasteiger partial charge < -0.3 is 16.3 Å². The van der Waals surface area contributed by atoms with Gasteiger partial charge in [-0.2, -0.15) is 0 Å². The largest absolute Gasteiger partial charge is 0.409 e. The second kappa shape index (κ2) is 6.83. The van der Waals surface area contributed by atoms with Crippen LogP contribution in [0.2, 0.25) is 0 Å². The van der Waals surface area contributed by atoms with Crippen molar-refractivity contribution >= 4 is 15.9 Å². The van der Waals surface area contributed by atoms with E-state index in [9.17, 15) is 8.42 Å². The molecular formula is C12H21N5O3S. The summed E-state index contributed by atoms with van der Waals surface area (Å²) in [6, 6.07) is 3.54. The molecule has 0 atom stereocenters. The molecule has 0 aliphatic carbocycles. The molecule has 1 heterocycles. The molecule has 0 radical (unpaired) electrons. The lowest BCUT2D eigenvalue weighted by molar-refractivity contribution is 0.318. The van der Waals surface area contributed by atoms with Gasteiger partial charge in [0.2, 0.25) is 10.0 Å². The zero-order valence-corrected chi connectivity index (χ0v) is 13.1. The van der Waals surface area contributed by atoms with E-state index >= 15 is 0 Å². The average Bonchev–Trinajstić information content (AvgIpc) is 2.35. The normalized spacial score (nSPS) is 13.4. The van der Waals surface area contributed by atoms with Crippen LogP contribution in [0.3, 0.4) is 0 Å². The van der Waals surface area contributed by atoms with Gasteiger partial charge in [0.15, 0.2) is 5.84 Å². The second-order valence-corrected chi connectivity index (χ2v) is 7.11. The van der Waals surface area contributed by atoms with E-state index in [1.165, 1.54) is 0 Å². The molecule has 0 saturated heterocycles. The number of rotatable bonds is 7. The summed E-state index contributed by atoms with van der Waals surface area (Å²) in [5, 5.41) is 14.8. The molecule has 0 amide bonds. The van der Waals surface area contributed by atoms with Gasteiger partial charge in [0.25, 0.3) is 0 Å². The Bertz CT molecular complexity index is 613. The lowest BCUT2D eigenvalue weighted by atomic mass is 10.1. The number of hydrogen-bond acceptors (Lipinski definition) is 6. The lowest BCUT2D eigenvalue weighted by Crippen LogP contribution is -2.49. The minimum Gasteiger partial charge on any atom is -0.409 e. The summed E-state index contributed by atoms with van der Waals surface area (Å²) in [5.74, 6) is -0.0686. The van der Waals surface area contributed by atoms with Gasteiger partial charge >= 0.3 is 0 Å². The number of sulfonamides is 1. The number of nitrogens with one attached hydrogen (secondary N) is 2. The predicted octanol–water partition coefficient (Wildman–Crippen LogP) is -0.406. The maximum atomic E-state index is 11.3. The quantitative estimate of drug-likeness (QED) is 0.234. The molecule has 0 aliphatic rings. The summed E-state index contributed by atoms with van der Waals surface area (Å²) >= 11 is 0. The van der Waals surface area contributed by atoms with Crippen LogP contribution in [-0.4, -0.2) is 42.8 Å². The van der Waals surface area contributed by atoms with Gasteiger partial charge in [0.1, 0.15) is 5.69 Å². The first-order valence-electron chi connectivity index (χ1n) is 6.26. The monoisotopic (exact) mass is 315 g/mol. The first-order valence-corrected chi connectivity index (χ1v) is 8.15. The molecule has 0 unspecified atom stereocenters. The molecule has 0 aromatic carbocycles. The van der Waals surface area contributed by atoms with Crippen LogP contribution in [0.5, 0.6) is 0 Å². The van der Waals surface area contributed by atoms with Crippen molar-refractivity contribution in [2.24, 2.45) is 10.9 Å². The Kier molecular flexibility index (Phi) is 5.64. The number of hydrogen-bond donors (Lipinski definition) is 4. The van der Waals surface area contributed by atoms with Gasteiger partial charge in [-0.1, -0.05) is 11.2 Å². The van der Waals surface area contributed by atoms with Gasteiger partial charge in [0.05, 0.1) is 6.26 Å². The van der Waals surface area contributed by atoms with Crippen LogP contribution < -0.4 is 15.8 Å². The summed E-state index contributed by atoms with van der Waals surface area (Å²) in [5.41, 5.74) is 6.06. The van der Waals surface area contributed by atoms with Gasteiger partial charge in [-0.25, -0.2) is 13.1 Å². The maximum absolute atomic E-state index is 11.3. The molecule has 0 aliphatic heterocycles. The zero-order valence-electron chi connectivity index (χ0n) is 12.3. The highest BCUT2D eigenvalue weighted by Crippen LogP contribution is 2.07. The van der Waals surface area contributed by atoms with E-state index in [0.717, 1.165) is 11.8 Å². The topological polar surface area (TPSA) is 130 Å². The highest BCUT2D eigenvalue weighted by molar-refractivity contribution is 7.88. The number of pyridine rings is 1. The van der Waals surface area contributed by atoms with Crippen molar-refractivity contribution in [2.75, 3.05) is 12.8 Å². The molecule has 0 fully saturated rings. The van der Waals surface area contributed by atoms with Gasteiger partial charge in [-0.15, -0.1) is 0 Å².